The summed E-state index contributed by atoms with van der Waals surface area (Å²) in [6, 6.07) is 0. The maximum atomic E-state index is 10.4. The zero-order valence-corrected chi connectivity index (χ0v) is 6.72. The zero-order chi connectivity index (χ0) is 6.69. The Balaban J connectivity index is 0.000000810. The molecule has 0 aromatic carbocycles. The Morgan fingerprint density at radius 1 is 1.70 bits per heavy atom. The highest BCUT2D eigenvalue weighted by atomic mass is 35.5. The van der Waals surface area contributed by atoms with E-state index in [9.17, 15) is 9.36 Å². The maximum Gasteiger partial charge on any atom is 0.518 e. The molecule has 1 saturated heterocycles. The van der Waals surface area contributed by atoms with Gasteiger partial charge in [0.1, 0.15) is 6.61 Å². The Hall–Kier alpha value is -0.380. The summed E-state index contributed by atoms with van der Waals surface area (Å²) in [6.45, 7) is 0.664. The molecule has 1 heterocycles. The van der Waals surface area contributed by atoms with Crippen molar-refractivity contribution < 1.29 is 18.7 Å². The van der Waals surface area contributed by atoms with Crippen molar-refractivity contribution in [3.05, 3.63) is 0 Å². The summed E-state index contributed by atoms with van der Waals surface area (Å²) in [5.41, 5.74) is 0. The topological polar surface area (TPSA) is 55.8 Å². The van der Waals surface area contributed by atoms with Crippen LogP contribution in [0, 0.1) is 0 Å². The molecule has 0 aliphatic carbocycles. The molecule has 1 atom stereocenters. The first-order valence-electron chi connectivity index (χ1n) is 2.33. The van der Waals surface area contributed by atoms with E-state index in [0.717, 1.165) is 5.06 Å². The lowest BCUT2D eigenvalue weighted by molar-refractivity contribution is 0.0120. The predicted octanol–water partition coefficient (Wildman–Crippen LogP) is 0.731. The number of nitrogens with zero attached hydrogens (tertiary/aromatic N) is 1. The van der Waals surface area contributed by atoms with Gasteiger partial charge in [0.05, 0.1) is 6.54 Å². The van der Waals surface area contributed by atoms with Gasteiger partial charge in [0.15, 0.2) is 0 Å². The molecule has 1 amide bonds. The first-order valence-corrected chi connectivity index (χ1v) is 3.14. The van der Waals surface area contributed by atoms with Crippen LogP contribution in [0.3, 0.4) is 0 Å². The van der Waals surface area contributed by atoms with Crippen LogP contribution in [0.1, 0.15) is 0 Å². The molecule has 0 spiro atoms. The number of carbonyl (C=O) groups is 1. The van der Waals surface area contributed by atoms with Crippen LogP contribution in [0.25, 0.3) is 0 Å². The van der Waals surface area contributed by atoms with E-state index < -0.39 is 14.8 Å². The Bertz CT molecular complexity index is 142. The van der Waals surface area contributed by atoms with E-state index in [1.807, 2.05) is 0 Å². The van der Waals surface area contributed by atoms with Gasteiger partial charge < -0.3 is 4.74 Å². The minimum atomic E-state index is -0.947. The fourth-order valence-electron chi connectivity index (χ4n) is 0.507. The van der Waals surface area contributed by atoms with Crippen LogP contribution in [-0.4, -0.2) is 24.3 Å². The summed E-state index contributed by atoms with van der Waals surface area (Å²) in [4.78, 5) is 10.4. The molecule has 1 aliphatic heterocycles. The average molecular weight is 187 g/mol. The highest BCUT2D eigenvalue weighted by Gasteiger charge is 2.25. The van der Waals surface area contributed by atoms with Crippen LogP contribution < -0.4 is 0 Å². The van der Waals surface area contributed by atoms with E-state index in [0.29, 0.717) is 13.2 Å². The molecule has 0 N–H and O–H groups in total. The molecule has 0 radical (unpaired) electrons. The van der Waals surface area contributed by atoms with Crippen LogP contribution in [0.15, 0.2) is 0 Å². The molecule has 58 valence electrons. The smallest absolute Gasteiger partial charge is 0.446 e. The van der Waals surface area contributed by atoms with E-state index in [-0.39, 0.29) is 12.4 Å². The van der Waals surface area contributed by atoms with Gasteiger partial charge in [0.2, 0.25) is 0 Å². The summed E-state index contributed by atoms with van der Waals surface area (Å²) in [6.07, 6.45) is -0.571. The lowest BCUT2D eigenvalue weighted by atomic mass is 10.7. The fraction of sp³-hybridized carbons (Fsp3) is 0.667. The average Bonchev–Trinajstić information content (AvgIpc) is 2.18. The van der Waals surface area contributed by atoms with E-state index in [2.05, 4.69) is 9.36 Å². The molecule has 0 saturated carbocycles. The van der Waals surface area contributed by atoms with Gasteiger partial charge in [-0.3, -0.25) is 0 Å². The number of ether oxygens (including phenoxy) is 1. The number of rotatable bonds is 2. The minimum absolute atomic E-state index is 0. The van der Waals surface area contributed by atoms with Crippen LogP contribution in [0.2, 0.25) is 0 Å². The number of amides is 1. The second-order valence-corrected chi connectivity index (χ2v) is 1.74. The van der Waals surface area contributed by atoms with Crippen LogP contribution >= 0.6 is 21.1 Å². The van der Waals surface area contributed by atoms with Gasteiger partial charge in [0, 0.05) is 0 Å². The van der Waals surface area contributed by atoms with Gasteiger partial charge in [-0.25, -0.2) is 4.79 Å². The second kappa shape index (κ2) is 4.44. The Morgan fingerprint density at radius 3 is 2.80 bits per heavy atom. The number of hydrogen-bond donors (Lipinski definition) is 0. The molecule has 1 aliphatic rings. The van der Waals surface area contributed by atoms with Crippen molar-refractivity contribution in [3.8, 4) is 0 Å². The van der Waals surface area contributed by atoms with Crippen molar-refractivity contribution in [2.45, 2.75) is 0 Å². The molecule has 1 fully saturated rings. The van der Waals surface area contributed by atoms with Crippen molar-refractivity contribution in [1.82, 2.24) is 5.06 Å². The van der Waals surface area contributed by atoms with E-state index in [1.54, 1.807) is 0 Å². The lowest BCUT2D eigenvalue weighted by Gasteiger charge is -1.97. The minimum Gasteiger partial charge on any atom is -0.446 e. The van der Waals surface area contributed by atoms with E-state index in [1.165, 1.54) is 0 Å². The van der Waals surface area contributed by atoms with Gasteiger partial charge in [-0.15, -0.1) is 17.5 Å². The molecule has 10 heavy (non-hydrogen) atoms. The third-order valence-electron chi connectivity index (χ3n) is 0.871. The number of hydrogen-bond acceptors (Lipinski definition) is 4. The third kappa shape index (κ3) is 2.10. The Morgan fingerprint density at radius 2 is 2.40 bits per heavy atom. The summed E-state index contributed by atoms with van der Waals surface area (Å²) in [7, 11) is -0.947. The van der Waals surface area contributed by atoms with Crippen molar-refractivity contribution in [2.24, 2.45) is 0 Å². The Labute approximate surface area is 64.9 Å². The molecule has 0 aromatic heterocycles. The molecule has 7 heteroatoms. The third-order valence-corrected chi connectivity index (χ3v) is 1.17. The van der Waals surface area contributed by atoms with Crippen LogP contribution in [0.4, 0.5) is 4.79 Å². The summed E-state index contributed by atoms with van der Waals surface area (Å²) in [5.74, 6) is 0. The van der Waals surface area contributed by atoms with Crippen LogP contribution in [-0.2, 0) is 13.9 Å². The number of cyclic esters (lactones) is 1. The first kappa shape index (κ1) is 9.62. The fourth-order valence-corrected chi connectivity index (χ4v) is 0.763. The van der Waals surface area contributed by atoms with Crippen molar-refractivity contribution in [2.75, 3.05) is 13.2 Å². The SMILES string of the molecule is Cl.O=[PH+]ON1CCOC1=O. The summed E-state index contributed by atoms with van der Waals surface area (Å²) < 4.78 is 18.6. The predicted molar refractivity (Wildman–Crippen MR) is 35.4 cm³/mol. The van der Waals surface area contributed by atoms with Gasteiger partial charge in [-0.2, -0.15) is 0 Å². The van der Waals surface area contributed by atoms with Crippen molar-refractivity contribution in [1.29, 1.82) is 0 Å². The molecular formula is C3H6ClNO4P+. The quantitative estimate of drug-likeness (QED) is 0.597. The van der Waals surface area contributed by atoms with Crippen LogP contribution in [0.5, 0.6) is 0 Å². The summed E-state index contributed by atoms with van der Waals surface area (Å²) in [5, 5.41) is 0.922. The van der Waals surface area contributed by atoms with Gasteiger partial charge in [-0.05, 0) is 9.19 Å². The van der Waals surface area contributed by atoms with E-state index >= 15 is 0 Å². The molecule has 1 unspecified atom stereocenters. The standard InChI is InChI=1S/C3H5NO4P.ClH/c5-3-4(8-9-6)1-2-7-3;/h9H,1-2H2;1H/q+1;. The van der Waals surface area contributed by atoms with Crippen molar-refractivity contribution in [3.63, 3.8) is 0 Å². The monoisotopic (exact) mass is 186 g/mol. The number of carbonyl (C=O) groups excluding carboxylic acids is 1. The van der Waals surface area contributed by atoms with E-state index in [4.69, 9.17) is 0 Å². The van der Waals surface area contributed by atoms with Gasteiger partial charge in [-0.1, -0.05) is 0 Å². The Kier molecular flexibility index (Phi) is 4.27. The van der Waals surface area contributed by atoms with Crippen molar-refractivity contribution >= 4 is 27.2 Å². The van der Waals surface area contributed by atoms with Gasteiger partial charge >= 0.3 is 14.8 Å². The highest BCUT2D eigenvalue weighted by molar-refractivity contribution is 7.17. The van der Waals surface area contributed by atoms with Gasteiger partial charge in [0.25, 0.3) is 0 Å². The molecule has 5 nitrogen and oxygen atoms in total. The largest absolute Gasteiger partial charge is 0.518 e. The first-order chi connectivity index (χ1) is 4.34. The normalized spacial score (nSPS) is 16.8. The number of hydroxylamine groups is 2. The summed E-state index contributed by atoms with van der Waals surface area (Å²) >= 11 is 0. The highest BCUT2D eigenvalue weighted by Crippen LogP contribution is 2.08. The number of halogens is 1. The lowest BCUT2D eigenvalue weighted by Crippen LogP contribution is -2.20. The maximum absolute atomic E-state index is 10.4. The molecule has 1 rings (SSSR count). The second-order valence-electron chi connectivity index (χ2n) is 1.39. The zero-order valence-electron chi connectivity index (χ0n) is 4.90. The molecule has 0 bridgehead atoms. The molecular weight excluding hydrogens is 180 g/mol. The molecule has 0 aromatic rings.